The molecule has 1 rings (SSSR count). The van der Waals surface area contributed by atoms with Gasteiger partial charge in [-0.1, -0.05) is 35.5 Å². The van der Waals surface area contributed by atoms with Crippen LogP contribution in [0, 0.1) is 0 Å². The number of benzene rings is 1. The van der Waals surface area contributed by atoms with Crippen LogP contribution in [-0.2, 0) is 0 Å². The van der Waals surface area contributed by atoms with Crippen LogP contribution < -0.4 is 0 Å². The molecule has 3 heteroatoms. The predicted molar refractivity (Wildman–Crippen MR) is 46.3 cm³/mol. The highest BCUT2D eigenvalue weighted by molar-refractivity contribution is 5.86. The summed E-state index contributed by atoms with van der Waals surface area (Å²) in [5, 5.41) is 20.8. The van der Waals surface area contributed by atoms with E-state index in [1.807, 2.05) is 18.2 Å². The van der Waals surface area contributed by atoms with Crippen molar-refractivity contribution < 1.29 is 10.3 Å². The molecule has 0 saturated carbocycles. The Hall–Kier alpha value is -1.35. The number of hydrogen-bond acceptors (Lipinski definition) is 3. The average Bonchev–Trinajstić information content (AvgIpc) is 2.17. The largest absolute Gasteiger partial charge is 0.411 e. The molecule has 0 saturated heterocycles. The van der Waals surface area contributed by atoms with E-state index in [1.165, 1.54) is 0 Å². The van der Waals surface area contributed by atoms with Crippen LogP contribution in [0.3, 0.4) is 0 Å². The minimum Gasteiger partial charge on any atom is -0.411 e. The zero-order chi connectivity index (χ0) is 8.97. The van der Waals surface area contributed by atoms with Crippen LogP contribution in [0.5, 0.6) is 0 Å². The highest BCUT2D eigenvalue weighted by atomic mass is 16.4. The molecule has 1 atom stereocenters. The fourth-order valence-corrected chi connectivity index (χ4v) is 0.931. The lowest BCUT2D eigenvalue weighted by molar-refractivity contribution is 0.234. The van der Waals surface area contributed by atoms with Gasteiger partial charge in [0.1, 0.15) is 6.10 Å². The first-order valence-electron chi connectivity index (χ1n) is 3.67. The maximum absolute atomic E-state index is 9.50. The summed E-state index contributed by atoms with van der Waals surface area (Å²) in [7, 11) is 0. The summed E-state index contributed by atoms with van der Waals surface area (Å²) in [6, 6.07) is 9.06. The van der Waals surface area contributed by atoms with E-state index < -0.39 is 6.10 Å². The third kappa shape index (κ3) is 1.83. The van der Waals surface area contributed by atoms with E-state index in [1.54, 1.807) is 19.1 Å². The maximum atomic E-state index is 9.50. The molecule has 0 amide bonds. The van der Waals surface area contributed by atoms with E-state index in [4.69, 9.17) is 5.21 Å². The summed E-state index contributed by atoms with van der Waals surface area (Å²) in [5.74, 6) is 0. The zero-order valence-corrected chi connectivity index (χ0v) is 6.81. The molecule has 0 radical (unpaired) electrons. The van der Waals surface area contributed by atoms with Crippen LogP contribution in [0.25, 0.3) is 0 Å². The van der Waals surface area contributed by atoms with Crippen LogP contribution in [0.15, 0.2) is 35.5 Å². The first-order valence-corrected chi connectivity index (χ1v) is 3.67. The first-order chi connectivity index (χ1) is 5.75. The summed E-state index contributed by atoms with van der Waals surface area (Å²) in [4.78, 5) is 0. The molecule has 12 heavy (non-hydrogen) atoms. The molecule has 2 N–H and O–H groups in total. The topological polar surface area (TPSA) is 52.8 Å². The zero-order valence-electron chi connectivity index (χ0n) is 6.81. The van der Waals surface area contributed by atoms with Gasteiger partial charge in [0.2, 0.25) is 0 Å². The molecule has 0 bridgehead atoms. The highest BCUT2D eigenvalue weighted by Crippen LogP contribution is 2.13. The van der Waals surface area contributed by atoms with Crippen molar-refractivity contribution in [2.75, 3.05) is 0 Å². The average molecular weight is 165 g/mol. The molecule has 1 unspecified atom stereocenters. The SMILES string of the molecule is CC(=NO)C(O)c1ccccc1. The van der Waals surface area contributed by atoms with Gasteiger partial charge in [0, 0.05) is 0 Å². The minimum atomic E-state index is -0.809. The van der Waals surface area contributed by atoms with Gasteiger partial charge in [-0.3, -0.25) is 0 Å². The Kier molecular flexibility index (Phi) is 2.82. The minimum absolute atomic E-state index is 0.293. The number of oxime groups is 1. The highest BCUT2D eigenvalue weighted by Gasteiger charge is 2.09. The third-order valence-electron chi connectivity index (χ3n) is 1.67. The lowest BCUT2D eigenvalue weighted by Gasteiger charge is -2.07. The number of nitrogens with zero attached hydrogens (tertiary/aromatic N) is 1. The fraction of sp³-hybridized carbons (Fsp3) is 0.222. The summed E-state index contributed by atoms with van der Waals surface area (Å²) in [6.07, 6.45) is -0.809. The van der Waals surface area contributed by atoms with Gasteiger partial charge < -0.3 is 10.3 Å². The Morgan fingerprint density at radius 2 is 1.92 bits per heavy atom. The molecule has 0 heterocycles. The van der Waals surface area contributed by atoms with Crippen molar-refractivity contribution in [2.45, 2.75) is 13.0 Å². The second-order valence-corrected chi connectivity index (χ2v) is 2.55. The molecule has 0 aliphatic heterocycles. The number of rotatable bonds is 2. The van der Waals surface area contributed by atoms with Crippen LogP contribution in [-0.4, -0.2) is 16.0 Å². The van der Waals surface area contributed by atoms with Crippen molar-refractivity contribution in [1.82, 2.24) is 0 Å². The molecular weight excluding hydrogens is 154 g/mol. The maximum Gasteiger partial charge on any atom is 0.120 e. The van der Waals surface area contributed by atoms with Gasteiger partial charge in [-0.15, -0.1) is 0 Å². The summed E-state index contributed by atoms with van der Waals surface area (Å²) in [5.41, 5.74) is 1.02. The predicted octanol–water partition coefficient (Wildman–Crippen LogP) is 1.57. The van der Waals surface area contributed by atoms with E-state index in [0.29, 0.717) is 5.71 Å². The molecule has 1 aromatic carbocycles. The summed E-state index contributed by atoms with van der Waals surface area (Å²) < 4.78 is 0. The molecule has 0 aliphatic rings. The van der Waals surface area contributed by atoms with Gasteiger partial charge in [0.05, 0.1) is 5.71 Å². The Bertz CT molecular complexity index is 269. The van der Waals surface area contributed by atoms with E-state index in [-0.39, 0.29) is 0 Å². The summed E-state index contributed by atoms with van der Waals surface area (Å²) in [6.45, 7) is 1.57. The molecule has 0 fully saturated rings. The van der Waals surface area contributed by atoms with E-state index >= 15 is 0 Å². The van der Waals surface area contributed by atoms with Crippen molar-refractivity contribution in [3.05, 3.63) is 35.9 Å². The molecule has 0 spiro atoms. The van der Waals surface area contributed by atoms with Gasteiger partial charge in [-0.2, -0.15) is 0 Å². The van der Waals surface area contributed by atoms with Gasteiger partial charge in [0.25, 0.3) is 0 Å². The number of aliphatic hydroxyl groups is 1. The Morgan fingerprint density at radius 1 is 1.33 bits per heavy atom. The fourth-order valence-electron chi connectivity index (χ4n) is 0.931. The molecule has 0 aliphatic carbocycles. The van der Waals surface area contributed by atoms with Gasteiger partial charge in [-0.05, 0) is 12.5 Å². The van der Waals surface area contributed by atoms with E-state index in [2.05, 4.69) is 5.16 Å². The molecule has 3 nitrogen and oxygen atoms in total. The quantitative estimate of drug-likeness (QED) is 0.397. The van der Waals surface area contributed by atoms with Crippen molar-refractivity contribution in [2.24, 2.45) is 5.16 Å². The molecule has 0 aromatic heterocycles. The Balaban J connectivity index is 2.86. The lowest BCUT2D eigenvalue weighted by atomic mass is 10.1. The monoisotopic (exact) mass is 165 g/mol. The van der Waals surface area contributed by atoms with Gasteiger partial charge in [0.15, 0.2) is 0 Å². The van der Waals surface area contributed by atoms with Crippen LogP contribution >= 0.6 is 0 Å². The number of hydrogen-bond donors (Lipinski definition) is 2. The van der Waals surface area contributed by atoms with Crippen molar-refractivity contribution >= 4 is 5.71 Å². The normalized spacial score (nSPS) is 14.3. The van der Waals surface area contributed by atoms with Gasteiger partial charge >= 0.3 is 0 Å². The van der Waals surface area contributed by atoms with Crippen molar-refractivity contribution in [3.8, 4) is 0 Å². The smallest absolute Gasteiger partial charge is 0.120 e. The molecular formula is C9H11NO2. The number of aliphatic hydroxyl groups excluding tert-OH is 1. The van der Waals surface area contributed by atoms with Crippen molar-refractivity contribution in [3.63, 3.8) is 0 Å². The molecule has 64 valence electrons. The Labute approximate surface area is 71.0 Å². The van der Waals surface area contributed by atoms with Crippen LogP contribution in [0.4, 0.5) is 0 Å². The summed E-state index contributed by atoms with van der Waals surface area (Å²) >= 11 is 0. The first kappa shape index (κ1) is 8.74. The standard InChI is InChI=1S/C9H11NO2/c1-7(10-12)9(11)8-5-3-2-4-6-8/h2-6,9,11-12H,1H3. The van der Waals surface area contributed by atoms with E-state index in [9.17, 15) is 5.11 Å². The third-order valence-corrected chi connectivity index (χ3v) is 1.67. The lowest BCUT2D eigenvalue weighted by Crippen LogP contribution is -2.07. The van der Waals surface area contributed by atoms with Crippen LogP contribution in [0.1, 0.15) is 18.6 Å². The Morgan fingerprint density at radius 3 is 2.42 bits per heavy atom. The van der Waals surface area contributed by atoms with Crippen LogP contribution in [0.2, 0.25) is 0 Å². The van der Waals surface area contributed by atoms with Gasteiger partial charge in [-0.25, -0.2) is 0 Å². The molecule has 1 aromatic rings. The second kappa shape index (κ2) is 3.88. The van der Waals surface area contributed by atoms with Crippen molar-refractivity contribution in [1.29, 1.82) is 0 Å². The second-order valence-electron chi connectivity index (χ2n) is 2.55. The van der Waals surface area contributed by atoms with E-state index in [0.717, 1.165) is 5.56 Å².